The molecule has 1 saturated heterocycles. The summed E-state index contributed by atoms with van der Waals surface area (Å²) in [5.74, 6) is 0. The summed E-state index contributed by atoms with van der Waals surface area (Å²) in [5, 5.41) is 0. The normalized spacial score (nSPS) is 38.6. The minimum atomic E-state index is 0.616. The molecule has 0 aromatic heterocycles. The fraction of sp³-hybridized carbons (Fsp3) is 1.00. The Morgan fingerprint density at radius 2 is 1.57 bits per heavy atom. The average molecular weight is 100 g/mol. The molecule has 1 aliphatic heterocycles. The highest BCUT2D eigenvalue weighted by molar-refractivity contribution is 4.81. The van der Waals surface area contributed by atoms with Gasteiger partial charge in [0.1, 0.15) is 0 Å². The highest BCUT2D eigenvalue weighted by Crippen LogP contribution is 2.26. The SMILES string of the molecule is CCC1O[C@H]1CC. The van der Waals surface area contributed by atoms with Crippen molar-refractivity contribution in [3.05, 3.63) is 0 Å². The lowest BCUT2D eigenvalue weighted by Crippen LogP contribution is -1.87. The second kappa shape index (κ2) is 1.83. The van der Waals surface area contributed by atoms with E-state index in [1.807, 2.05) is 0 Å². The molecule has 7 heavy (non-hydrogen) atoms. The third-order valence-electron chi connectivity index (χ3n) is 1.49. The van der Waals surface area contributed by atoms with Crippen LogP contribution in [-0.4, -0.2) is 12.2 Å². The van der Waals surface area contributed by atoms with Crippen LogP contribution in [0.5, 0.6) is 0 Å². The molecule has 0 saturated carbocycles. The number of ether oxygens (including phenoxy) is 1. The lowest BCUT2D eigenvalue weighted by molar-refractivity contribution is 0.363. The standard InChI is InChI=1S/C6H12O/c1-3-5-6(4-2)7-5/h5-6H,3-4H2,1-2H3/t5-,6?/m0/s1. The van der Waals surface area contributed by atoms with Crippen LogP contribution in [0, 0.1) is 0 Å². The van der Waals surface area contributed by atoms with Crippen molar-refractivity contribution < 1.29 is 4.74 Å². The van der Waals surface area contributed by atoms with Gasteiger partial charge in [-0.25, -0.2) is 0 Å². The Hall–Kier alpha value is -0.0400. The monoisotopic (exact) mass is 100 g/mol. The van der Waals surface area contributed by atoms with Gasteiger partial charge < -0.3 is 4.74 Å². The zero-order valence-corrected chi connectivity index (χ0v) is 4.98. The van der Waals surface area contributed by atoms with E-state index in [-0.39, 0.29) is 0 Å². The van der Waals surface area contributed by atoms with Gasteiger partial charge in [-0.2, -0.15) is 0 Å². The van der Waals surface area contributed by atoms with E-state index in [2.05, 4.69) is 13.8 Å². The molecule has 0 amide bonds. The molecule has 0 bridgehead atoms. The van der Waals surface area contributed by atoms with Crippen LogP contribution in [0.2, 0.25) is 0 Å². The Balaban J connectivity index is 2.06. The molecule has 1 heteroatoms. The van der Waals surface area contributed by atoms with Crippen molar-refractivity contribution >= 4 is 0 Å². The van der Waals surface area contributed by atoms with Crippen LogP contribution in [0.15, 0.2) is 0 Å². The van der Waals surface area contributed by atoms with Crippen LogP contribution >= 0.6 is 0 Å². The molecule has 1 unspecified atom stereocenters. The smallest absolute Gasteiger partial charge is 0.0839 e. The Labute approximate surface area is 44.7 Å². The molecule has 1 aliphatic rings. The second-order valence-corrected chi connectivity index (χ2v) is 2.03. The molecule has 1 nitrogen and oxygen atoms in total. The van der Waals surface area contributed by atoms with Crippen molar-refractivity contribution in [3.63, 3.8) is 0 Å². The Morgan fingerprint density at radius 3 is 1.71 bits per heavy atom. The number of rotatable bonds is 2. The first-order valence-corrected chi connectivity index (χ1v) is 3.04. The predicted molar refractivity (Wildman–Crippen MR) is 29.2 cm³/mol. The lowest BCUT2D eigenvalue weighted by Gasteiger charge is -1.77. The highest BCUT2D eigenvalue weighted by atomic mass is 16.6. The maximum atomic E-state index is 5.22. The highest BCUT2D eigenvalue weighted by Gasteiger charge is 2.34. The topological polar surface area (TPSA) is 12.5 Å². The maximum Gasteiger partial charge on any atom is 0.0839 e. The van der Waals surface area contributed by atoms with Crippen LogP contribution in [-0.2, 0) is 4.74 Å². The van der Waals surface area contributed by atoms with Crippen LogP contribution < -0.4 is 0 Å². The first kappa shape index (κ1) is 5.10. The first-order chi connectivity index (χ1) is 3.38. The van der Waals surface area contributed by atoms with Crippen molar-refractivity contribution in [2.75, 3.05) is 0 Å². The second-order valence-electron chi connectivity index (χ2n) is 2.03. The van der Waals surface area contributed by atoms with Crippen LogP contribution in [0.3, 0.4) is 0 Å². The zero-order valence-electron chi connectivity index (χ0n) is 4.98. The summed E-state index contributed by atoms with van der Waals surface area (Å²) in [6.07, 6.45) is 3.62. The van der Waals surface area contributed by atoms with Gasteiger partial charge in [0.25, 0.3) is 0 Å². The molecule has 1 fully saturated rings. The largest absolute Gasteiger partial charge is 0.370 e. The van der Waals surface area contributed by atoms with Gasteiger partial charge in [-0.3, -0.25) is 0 Å². The summed E-state index contributed by atoms with van der Waals surface area (Å²) in [7, 11) is 0. The summed E-state index contributed by atoms with van der Waals surface area (Å²) >= 11 is 0. The van der Waals surface area contributed by atoms with Gasteiger partial charge in [-0.15, -0.1) is 0 Å². The Morgan fingerprint density at radius 1 is 1.14 bits per heavy atom. The number of epoxide rings is 1. The van der Waals surface area contributed by atoms with Gasteiger partial charge in [-0.05, 0) is 12.8 Å². The minimum absolute atomic E-state index is 0.616. The third-order valence-corrected chi connectivity index (χ3v) is 1.49. The Bertz CT molecular complexity index is 53.2. The summed E-state index contributed by atoms with van der Waals surface area (Å²) < 4.78 is 5.22. The zero-order chi connectivity index (χ0) is 5.28. The van der Waals surface area contributed by atoms with Crippen molar-refractivity contribution in [1.29, 1.82) is 0 Å². The van der Waals surface area contributed by atoms with E-state index >= 15 is 0 Å². The molecule has 0 aromatic carbocycles. The van der Waals surface area contributed by atoms with Gasteiger partial charge in [-0.1, -0.05) is 13.8 Å². The van der Waals surface area contributed by atoms with E-state index < -0.39 is 0 Å². The molecule has 1 rings (SSSR count). The number of hydrogen-bond donors (Lipinski definition) is 0. The van der Waals surface area contributed by atoms with Crippen molar-refractivity contribution in [3.8, 4) is 0 Å². The third kappa shape index (κ3) is 0.942. The van der Waals surface area contributed by atoms with Gasteiger partial charge in [0.05, 0.1) is 12.2 Å². The van der Waals surface area contributed by atoms with Gasteiger partial charge in [0.2, 0.25) is 0 Å². The molecule has 0 aliphatic carbocycles. The number of hydrogen-bond acceptors (Lipinski definition) is 1. The fourth-order valence-electron chi connectivity index (χ4n) is 0.897. The van der Waals surface area contributed by atoms with Gasteiger partial charge in [0.15, 0.2) is 0 Å². The van der Waals surface area contributed by atoms with E-state index in [9.17, 15) is 0 Å². The first-order valence-electron chi connectivity index (χ1n) is 3.04. The van der Waals surface area contributed by atoms with Crippen LogP contribution in [0.4, 0.5) is 0 Å². The van der Waals surface area contributed by atoms with Crippen molar-refractivity contribution in [2.45, 2.75) is 38.9 Å². The molecule has 1 heterocycles. The van der Waals surface area contributed by atoms with E-state index in [1.54, 1.807) is 0 Å². The van der Waals surface area contributed by atoms with E-state index in [1.165, 1.54) is 12.8 Å². The predicted octanol–water partition coefficient (Wildman–Crippen LogP) is 1.57. The van der Waals surface area contributed by atoms with Crippen LogP contribution in [0.25, 0.3) is 0 Å². The maximum absolute atomic E-state index is 5.22. The molecular formula is C6H12O. The molecule has 42 valence electrons. The van der Waals surface area contributed by atoms with Gasteiger partial charge in [0, 0.05) is 0 Å². The van der Waals surface area contributed by atoms with E-state index in [0.29, 0.717) is 12.2 Å². The summed E-state index contributed by atoms with van der Waals surface area (Å²) in [5.41, 5.74) is 0. The summed E-state index contributed by atoms with van der Waals surface area (Å²) in [6, 6.07) is 0. The lowest BCUT2D eigenvalue weighted by atomic mass is 10.2. The molecule has 0 radical (unpaired) electrons. The van der Waals surface area contributed by atoms with Gasteiger partial charge >= 0.3 is 0 Å². The Kier molecular flexibility index (Phi) is 1.33. The molecule has 2 atom stereocenters. The van der Waals surface area contributed by atoms with Crippen molar-refractivity contribution in [2.24, 2.45) is 0 Å². The van der Waals surface area contributed by atoms with Crippen LogP contribution in [0.1, 0.15) is 26.7 Å². The summed E-state index contributed by atoms with van der Waals surface area (Å²) in [4.78, 5) is 0. The van der Waals surface area contributed by atoms with E-state index in [0.717, 1.165) is 0 Å². The van der Waals surface area contributed by atoms with E-state index in [4.69, 9.17) is 4.74 Å². The average Bonchev–Trinajstić information content (AvgIpc) is 2.43. The quantitative estimate of drug-likeness (QED) is 0.480. The molecule has 0 aromatic rings. The fourth-order valence-corrected chi connectivity index (χ4v) is 0.897. The van der Waals surface area contributed by atoms with Crippen molar-refractivity contribution in [1.82, 2.24) is 0 Å². The summed E-state index contributed by atoms with van der Waals surface area (Å²) in [6.45, 7) is 4.33. The minimum Gasteiger partial charge on any atom is -0.370 e. The molecule has 0 N–H and O–H groups in total. The molecular weight excluding hydrogens is 88.1 g/mol. The molecule has 0 spiro atoms.